The Balaban J connectivity index is 0.946. The molecule has 0 fully saturated rings. The first kappa shape index (κ1) is 39.8. The lowest BCUT2D eigenvalue weighted by Gasteiger charge is -2.28. The van der Waals surface area contributed by atoms with Crippen molar-refractivity contribution in [3.63, 3.8) is 0 Å². The summed E-state index contributed by atoms with van der Waals surface area (Å²) in [5.41, 5.74) is 20.2. The number of aliphatic imine (C=N–C) groups is 1. The molecule has 10 aromatic rings. The van der Waals surface area contributed by atoms with Gasteiger partial charge in [0.2, 0.25) is 0 Å². The minimum Gasteiger partial charge on any atom is -0.310 e. The van der Waals surface area contributed by atoms with Crippen LogP contribution in [0.3, 0.4) is 0 Å². The van der Waals surface area contributed by atoms with Gasteiger partial charge in [-0.25, -0.2) is 0 Å². The molecule has 0 heterocycles. The summed E-state index contributed by atoms with van der Waals surface area (Å²) >= 11 is 0. The average molecular weight is 833 g/mol. The number of nitrogens with zero attached hydrogens (tertiary/aromatic N) is 2. The fraction of sp³-hybridized carbons (Fsp3) is 0.0635. The van der Waals surface area contributed by atoms with E-state index in [1.807, 2.05) is 0 Å². The molecular weight excluding hydrogens is 785 g/mol. The first-order valence-corrected chi connectivity index (χ1v) is 22.6. The number of anilines is 3. The van der Waals surface area contributed by atoms with E-state index < -0.39 is 0 Å². The molecule has 10 aromatic carbocycles. The van der Waals surface area contributed by atoms with Crippen molar-refractivity contribution < 1.29 is 0 Å². The molecule has 0 aromatic heterocycles. The molecule has 0 amide bonds. The van der Waals surface area contributed by atoms with Gasteiger partial charge in [-0.05, 0) is 114 Å². The van der Waals surface area contributed by atoms with E-state index in [0.29, 0.717) is 6.54 Å². The summed E-state index contributed by atoms with van der Waals surface area (Å²) in [6, 6.07) is 87.8. The van der Waals surface area contributed by atoms with E-state index in [9.17, 15) is 0 Å². The maximum Gasteiger partial charge on any atom is 0.0723 e. The van der Waals surface area contributed by atoms with Gasteiger partial charge in [-0.15, -0.1) is 0 Å². The summed E-state index contributed by atoms with van der Waals surface area (Å²) in [7, 11) is 0. The third kappa shape index (κ3) is 7.54. The Hall–Kier alpha value is -8.07. The summed E-state index contributed by atoms with van der Waals surface area (Å²) in [6.07, 6.45) is 0. The summed E-state index contributed by atoms with van der Waals surface area (Å²) in [5, 5.41) is 2.47. The maximum absolute atomic E-state index is 5.28. The van der Waals surface area contributed by atoms with Crippen LogP contribution in [0.4, 0.5) is 17.1 Å². The van der Waals surface area contributed by atoms with Gasteiger partial charge >= 0.3 is 0 Å². The Kier molecular flexibility index (Phi) is 10.3. The Labute approximate surface area is 382 Å². The largest absolute Gasteiger partial charge is 0.310 e. The second-order valence-corrected chi connectivity index (χ2v) is 17.5. The molecule has 0 bridgehead atoms. The van der Waals surface area contributed by atoms with Crippen molar-refractivity contribution >= 4 is 33.5 Å². The molecular formula is C63H48N2. The van der Waals surface area contributed by atoms with E-state index in [1.165, 1.54) is 72.0 Å². The standard InChI is InChI=1S/C63H48N2/c1-63(2)60-41-50(55-26-16-27-56-51(25-15-28-57(55)56)43-64-62(48-21-11-5-12-22-48)49-23-13-6-14-24-49)33-39-58(60)59-40-38-54(42-61(59)63)65(52-34-29-46(30-35-52)44-17-7-3-8-18-44)53-36-31-47(32-37-53)45-19-9-4-10-20-45/h3-42H,43H2,1-2H3. The first-order valence-electron chi connectivity index (χ1n) is 22.6. The highest BCUT2D eigenvalue weighted by atomic mass is 15.1. The van der Waals surface area contributed by atoms with Crippen LogP contribution in [0, 0.1) is 0 Å². The summed E-state index contributed by atoms with van der Waals surface area (Å²) in [6.45, 7) is 5.35. The van der Waals surface area contributed by atoms with E-state index in [0.717, 1.165) is 33.9 Å². The summed E-state index contributed by atoms with van der Waals surface area (Å²) in [5.74, 6) is 0. The number of rotatable bonds is 10. The zero-order chi connectivity index (χ0) is 43.7. The minimum absolute atomic E-state index is 0.230. The quantitative estimate of drug-likeness (QED) is 0.125. The average Bonchev–Trinajstić information content (AvgIpc) is 3.60. The highest BCUT2D eigenvalue weighted by Gasteiger charge is 2.36. The highest BCUT2D eigenvalue weighted by Crippen LogP contribution is 2.52. The Morgan fingerprint density at radius 2 is 0.815 bits per heavy atom. The third-order valence-corrected chi connectivity index (χ3v) is 13.2. The van der Waals surface area contributed by atoms with Crippen molar-refractivity contribution in [3.8, 4) is 44.5 Å². The van der Waals surface area contributed by atoms with Crippen LogP contribution in [0.15, 0.2) is 248 Å². The summed E-state index contributed by atoms with van der Waals surface area (Å²) < 4.78 is 0. The SMILES string of the molecule is CC1(C)c2cc(-c3cccc4c(CN=C(c5ccccc5)c5ccccc5)cccc34)ccc2-c2ccc(N(c3ccc(-c4ccccc4)cc3)c3ccc(-c4ccccc4)cc3)cc21. The van der Waals surface area contributed by atoms with E-state index in [2.05, 4.69) is 261 Å². The zero-order valence-corrected chi connectivity index (χ0v) is 36.7. The number of fused-ring (bicyclic) bond motifs is 4. The van der Waals surface area contributed by atoms with Crippen LogP contribution in [-0.2, 0) is 12.0 Å². The fourth-order valence-electron chi connectivity index (χ4n) is 9.82. The molecule has 2 heteroatoms. The zero-order valence-electron chi connectivity index (χ0n) is 36.7. The van der Waals surface area contributed by atoms with Gasteiger partial charge in [0, 0.05) is 33.6 Å². The monoisotopic (exact) mass is 832 g/mol. The number of benzene rings is 10. The predicted octanol–water partition coefficient (Wildman–Crippen LogP) is 16.7. The van der Waals surface area contributed by atoms with Crippen molar-refractivity contribution in [3.05, 3.63) is 270 Å². The van der Waals surface area contributed by atoms with Gasteiger partial charge in [0.1, 0.15) is 0 Å². The lowest BCUT2D eigenvalue weighted by molar-refractivity contribution is 0.660. The van der Waals surface area contributed by atoms with Crippen molar-refractivity contribution in [2.24, 2.45) is 4.99 Å². The lowest BCUT2D eigenvalue weighted by atomic mass is 9.81. The van der Waals surface area contributed by atoms with Crippen LogP contribution in [0.1, 0.15) is 41.7 Å². The van der Waals surface area contributed by atoms with Crippen LogP contribution >= 0.6 is 0 Å². The van der Waals surface area contributed by atoms with E-state index in [4.69, 9.17) is 4.99 Å². The third-order valence-electron chi connectivity index (χ3n) is 13.2. The second-order valence-electron chi connectivity index (χ2n) is 17.5. The molecule has 0 spiro atoms. The first-order chi connectivity index (χ1) is 32.0. The van der Waals surface area contributed by atoms with Crippen LogP contribution in [-0.4, -0.2) is 5.71 Å². The molecule has 0 N–H and O–H groups in total. The molecule has 1 aliphatic carbocycles. The molecule has 310 valence electrons. The molecule has 0 atom stereocenters. The molecule has 0 radical (unpaired) electrons. The van der Waals surface area contributed by atoms with Gasteiger partial charge in [-0.2, -0.15) is 0 Å². The normalized spacial score (nSPS) is 12.3. The van der Waals surface area contributed by atoms with Gasteiger partial charge < -0.3 is 4.90 Å². The topological polar surface area (TPSA) is 15.6 Å². The Morgan fingerprint density at radius 3 is 1.38 bits per heavy atom. The van der Waals surface area contributed by atoms with Crippen molar-refractivity contribution in [2.75, 3.05) is 4.90 Å². The van der Waals surface area contributed by atoms with Crippen molar-refractivity contribution in [1.82, 2.24) is 0 Å². The van der Waals surface area contributed by atoms with Crippen molar-refractivity contribution in [1.29, 1.82) is 0 Å². The molecule has 1 aliphatic rings. The second kappa shape index (κ2) is 16.9. The van der Waals surface area contributed by atoms with Crippen molar-refractivity contribution in [2.45, 2.75) is 25.8 Å². The van der Waals surface area contributed by atoms with Gasteiger partial charge in [0.15, 0.2) is 0 Å². The smallest absolute Gasteiger partial charge is 0.0723 e. The number of hydrogen-bond donors (Lipinski definition) is 0. The van der Waals surface area contributed by atoms with E-state index >= 15 is 0 Å². The molecule has 65 heavy (non-hydrogen) atoms. The Bertz CT molecular complexity index is 3190. The minimum atomic E-state index is -0.230. The number of hydrogen-bond acceptors (Lipinski definition) is 2. The van der Waals surface area contributed by atoms with Crippen LogP contribution in [0.2, 0.25) is 0 Å². The molecule has 0 saturated heterocycles. The van der Waals surface area contributed by atoms with E-state index in [-0.39, 0.29) is 5.41 Å². The molecule has 11 rings (SSSR count). The van der Waals surface area contributed by atoms with Gasteiger partial charge in [-0.1, -0.05) is 214 Å². The maximum atomic E-state index is 5.28. The molecule has 0 saturated carbocycles. The Morgan fingerprint density at radius 1 is 0.369 bits per heavy atom. The van der Waals surface area contributed by atoms with Gasteiger partial charge in [0.25, 0.3) is 0 Å². The van der Waals surface area contributed by atoms with Crippen LogP contribution in [0.25, 0.3) is 55.3 Å². The fourth-order valence-corrected chi connectivity index (χ4v) is 9.82. The highest BCUT2D eigenvalue weighted by molar-refractivity contribution is 6.13. The summed E-state index contributed by atoms with van der Waals surface area (Å²) in [4.78, 5) is 7.68. The molecule has 2 nitrogen and oxygen atoms in total. The molecule has 0 unspecified atom stereocenters. The molecule has 0 aliphatic heterocycles. The van der Waals surface area contributed by atoms with Gasteiger partial charge in [0.05, 0.1) is 12.3 Å². The lowest BCUT2D eigenvalue weighted by Crippen LogP contribution is -2.16. The van der Waals surface area contributed by atoms with Gasteiger partial charge in [-0.3, -0.25) is 4.99 Å². The van der Waals surface area contributed by atoms with Crippen LogP contribution in [0.5, 0.6) is 0 Å². The van der Waals surface area contributed by atoms with Crippen LogP contribution < -0.4 is 4.90 Å². The predicted molar refractivity (Wildman–Crippen MR) is 275 cm³/mol. The van der Waals surface area contributed by atoms with E-state index in [1.54, 1.807) is 0 Å².